The molecular weight excluding hydrogens is 793 g/mol. The number of benzene rings is 5. The van der Waals surface area contributed by atoms with Crippen LogP contribution in [0.3, 0.4) is 0 Å². The lowest BCUT2D eigenvalue weighted by atomic mass is 9.49. The molecule has 0 aliphatic heterocycles. The average molecular weight is 843 g/mol. The molecule has 3 amide bonds. The van der Waals surface area contributed by atoms with Gasteiger partial charge in [-0.05, 0) is 115 Å². The highest BCUT2D eigenvalue weighted by atomic mass is 16.5. The van der Waals surface area contributed by atoms with Crippen LogP contribution < -0.4 is 16.0 Å². The third-order valence-electron chi connectivity index (χ3n) is 13.1. The van der Waals surface area contributed by atoms with Crippen LogP contribution in [0.1, 0.15) is 103 Å². The Morgan fingerprint density at radius 1 is 0.619 bits per heavy atom. The lowest BCUT2D eigenvalue weighted by Crippen LogP contribution is -2.51. The summed E-state index contributed by atoms with van der Waals surface area (Å²) in [4.78, 5) is 72.6. The number of carbonyl (C=O) groups excluding carboxylic acids is 5. The molecule has 0 saturated heterocycles. The zero-order chi connectivity index (χ0) is 43.3. The van der Waals surface area contributed by atoms with Crippen LogP contribution in [0.2, 0.25) is 0 Å². The topological polar surface area (TPSA) is 156 Å². The van der Waals surface area contributed by atoms with E-state index < -0.39 is 29.7 Å². The first-order valence-corrected chi connectivity index (χ1v) is 21.8. The maximum atomic E-state index is 14.3. The van der Waals surface area contributed by atoms with Crippen LogP contribution in [0.15, 0.2) is 134 Å². The number of H-pyrrole nitrogens is 1. The molecule has 1 heterocycles. The second kappa shape index (κ2) is 18.1. The number of hydrogen-bond donors (Lipinski definition) is 4. The minimum atomic E-state index is -0.915. The molecule has 4 fully saturated rings. The van der Waals surface area contributed by atoms with Gasteiger partial charge >= 0.3 is 11.9 Å². The summed E-state index contributed by atoms with van der Waals surface area (Å²) in [6.45, 7) is 0.470. The molecule has 11 nitrogen and oxygen atoms in total. The van der Waals surface area contributed by atoms with E-state index in [1.165, 1.54) is 37.5 Å². The molecular formula is C52H50N4O7. The van der Waals surface area contributed by atoms with Crippen LogP contribution in [0.5, 0.6) is 0 Å². The van der Waals surface area contributed by atoms with Crippen LogP contribution in [0.25, 0.3) is 10.9 Å². The predicted octanol–water partition coefficient (Wildman–Crippen LogP) is 8.98. The van der Waals surface area contributed by atoms with E-state index in [0.717, 1.165) is 59.0 Å². The van der Waals surface area contributed by atoms with E-state index in [-0.39, 0.29) is 59.0 Å². The summed E-state index contributed by atoms with van der Waals surface area (Å²) >= 11 is 0. The lowest BCUT2D eigenvalue weighted by Gasteiger charge is -2.56. The summed E-state index contributed by atoms with van der Waals surface area (Å²) < 4.78 is 11.2. The van der Waals surface area contributed by atoms with Gasteiger partial charge in [-0.3, -0.25) is 14.4 Å². The highest BCUT2D eigenvalue weighted by molar-refractivity contribution is 6.10. The van der Waals surface area contributed by atoms with Crippen LogP contribution in [0.4, 0.5) is 5.69 Å². The van der Waals surface area contributed by atoms with Crippen molar-refractivity contribution in [2.75, 3.05) is 18.4 Å². The Balaban J connectivity index is 0.936. The first-order valence-electron chi connectivity index (χ1n) is 21.8. The molecule has 1 unspecified atom stereocenters. The van der Waals surface area contributed by atoms with E-state index in [1.54, 1.807) is 42.6 Å². The fourth-order valence-corrected chi connectivity index (χ4v) is 10.5. The standard InChI is InChI=1S/C52H50N4O7/c57-47(43-24-39-16-17-53-46(39)25-44(43)48(58)55-32-52-26-35-18-36(27-52)20-37(19-35)28-52)54-29-45(38-14-8-3-9-15-38)49(59)56-42-22-40(50(60)62-30-33-10-4-1-5-11-33)21-41(23-42)51(61)63-31-34-12-6-2-7-13-34/h1-17,21-25,35-37,45,53H,18-20,26-32H2,(H,54,57)(H,55,58)(H,56,59). The van der Waals surface area contributed by atoms with Gasteiger partial charge in [0.1, 0.15) is 13.2 Å². The van der Waals surface area contributed by atoms with E-state index in [9.17, 15) is 24.0 Å². The van der Waals surface area contributed by atoms with E-state index in [0.29, 0.717) is 12.1 Å². The quantitative estimate of drug-likeness (QED) is 0.0753. The molecule has 11 heteroatoms. The van der Waals surface area contributed by atoms with Gasteiger partial charge in [0, 0.05) is 35.9 Å². The SMILES string of the molecule is O=C(OCc1ccccc1)c1cc(NC(=O)C(CNC(=O)c2cc3cc[nH]c3cc2C(=O)NCC23CC4CC(CC(C4)C2)C3)c2ccccc2)cc(C(=O)OCc2ccccc2)c1. The van der Waals surface area contributed by atoms with Crippen LogP contribution in [-0.4, -0.2) is 47.7 Å². The Kier molecular flexibility index (Phi) is 11.9. The molecule has 63 heavy (non-hydrogen) atoms. The number of ether oxygens (including phenoxy) is 2. The number of nitrogens with one attached hydrogen (secondary N) is 4. The van der Waals surface area contributed by atoms with E-state index in [1.807, 2.05) is 72.8 Å². The summed E-state index contributed by atoms with van der Waals surface area (Å²) in [7, 11) is 0. The Morgan fingerprint density at radius 2 is 1.14 bits per heavy atom. The average Bonchev–Trinajstić information content (AvgIpc) is 3.77. The molecule has 1 atom stereocenters. The number of fused-ring (bicyclic) bond motifs is 1. The molecule has 0 spiro atoms. The Hall–Kier alpha value is -7.01. The number of aromatic nitrogens is 1. The molecule has 4 saturated carbocycles. The molecule has 4 aliphatic carbocycles. The van der Waals surface area contributed by atoms with Crippen LogP contribution in [-0.2, 0) is 27.5 Å². The van der Waals surface area contributed by atoms with E-state index in [2.05, 4.69) is 20.9 Å². The van der Waals surface area contributed by atoms with Crippen molar-refractivity contribution in [2.45, 2.75) is 57.7 Å². The van der Waals surface area contributed by atoms with Crippen molar-refractivity contribution in [3.8, 4) is 0 Å². The van der Waals surface area contributed by atoms with Crippen molar-refractivity contribution in [3.05, 3.63) is 173 Å². The summed E-state index contributed by atoms with van der Waals surface area (Å²) in [5.41, 5.74) is 3.73. The predicted molar refractivity (Wildman–Crippen MR) is 239 cm³/mol. The maximum absolute atomic E-state index is 14.3. The van der Waals surface area contributed by atoms with Gasteiger partial charge in [-0.1, -0.05) is 91.0 Å². The fraction of sp³-hybridized carbons (Fsp3) is 0.288. The van der Waals surface area contributed by atoms with E-state index >= 15 is 0 Å². The summed E-state index contributed by atoms with van der Waals surface area (Å²) in [5.74, 6) is -1.39. The second-order valence-electron chi connectivity index (χ2n) is 17.6. The maximum Gasteiger partial charge on any atom is 0.338 e. The van der Waals surface area contributed by atoms with Gasteiger partial charge in [0.25, 0.3) is 11.8 Å². The monoisotopic (exact) mass is 842 g/mol. The number of carbonyl (C=O) groups is 5. The minimum absolute atomic E-state index is 0.00224. The molecule has 10 rings (SSSR count). The lowest BCUT2D eigenvalue weighted by molar-refractivity contribution is -0.117. The molecule has 4 bridgehead atoms. The largest absolute Gasteiger partial charge is 0.457 e. The Morgan fingerprint density at radius 3 is 1.71 bits per heavy atom. The third-order valence-corrected chi connectivity index (χ3v) is 13.1. The van der Waals surface area contributed by atoms with Gasteiger partial charge in [0.2, 0.25) is 5.91 Å². The van der Waals surface area contributed by atoms with Crippen LogP contribution >= 0.6 is 0 Å². The summed E-state index contributed by atoms with van der Waals surface area (Å²) in [6, 6.07) is 36.9. The molecule has 320 valence electrons. The van der Waals surface area contributed by atoms with Gasteiger partial charge in [-0.2, -0.15) is 0 Å². The first-order chi connectivity index (χ1) is 30.7. The zero-order valence-electron chi connectivity index (χ0n) is 34.9. The van der Waals surface area contributed by atoms with Gasteiger partial charge in [0.05, 0.1) is 28.2 Å². The van der Waals surface area contributed by atoms with Crippen molar-refractivity contribution < 1.29 is 33.4 Å². The first kappa shape index (κ1) is 41.3. The highest BCUT2D eigenvalue weighted by Gasteiger charge is 2.50. The molecule has 5 aromatic carbocycles. The number of amides is 3. The molecule has 4 N–H and O–H groups in total. The summed E-state index contributed by atoms with van der Waals surface area (Å²) in [5, 5.41) is 9.85. The number of aromatic amines is 1. The van der Waals surface area contributed by atoms with Gasteiger partial charge in [-0.15, -0.1) is 0 Å². The van der Waals surface area contributed by atoms with Gasteiger partial charge < -0.3 is 30.4 Å². The number of hydrogen-bond acceptors (Lipinski definition) is 7. The third kappa shape index (κ3) is 9.57. The highest BCUT2D eigenvalue weighted by Crippen LogP contribution is 2.59. The van der Waals surface area contributed by atoms with Crippen LogP contribution in [0, 0.1) is 23.2 Å². The second-order valence-corrected chi connectivity index (χ2v) is 17.6. The van der Waals surface area contributed by atoms with Crippen molar-refractivity contribution in [1.82, 2.24) is 15.6 Å². The number of esters is 2. The van der Waals surface area contributed by atoms with Crippen molar-refractivity contribution in [3.63, 3.8) is 0 Å². The number of rotatable bonds is 15. The van der Waals surface area contributed by atoms with Crippen molar-refractivity contribution >= 4 is 46.3 Å². The summed E-state index contributed by atoms with van der Waals surface area (Å²) in [6.07, 6.45) is 9.14. The van der Waals surface area contributed by atoms with Gasteiger partial charge in [-0.25, -0.2) is 9.59 Å². The fourth-order valence-electron chi connectivity index (χ4n) is 10.5. The molecule has 6 aromatic rings. The normalized spacial score (nSPS) is 20.1. The number of anilines is 1. The zero-order valence-corrected chi connectivity index (χ0v) is 34.9. The molecule has 0 radical (unpaired) electrons. The molecule has 1 aromatic heterocycles. The molecule has 4 aliphatic rings. The van der Waals surface area contributed by atoms with Gasteiger partial charge in [0.15, 0.2) is 0 Å². The van der Waals surface area contributed by atoms with Crippen molar-refractivity contribution in [2.24, 2.45) is 23.2 Å². The van der Waals surface area contributed by atoms with E-state index in [4.69, 9.17) is 9.47 Å². The minimum Gasteiger partial charge on any atom is -0.457 e. The smallest absolute Gasteiger partial charge is 0.338 e. The van der Waals surface area contributed by atoms with Crippen molar-refractivity contribution in [1.29, 1.82) is 0 Å². The Labute approximate surface area is 366 Å². The Bertz CT molecular complexity index is 2530.